The highest BCUT2D eigenvalue weighted by Gasteiger charge is 2.22. The lowest BCUT2D eigenvalue weighted by molar-refractivity contribution is -0.137. The summed E-state index contributed by atoms with van der Waals surface area (Å²) in [5.74, 6) is -0.190. The number of aliphatic carboxylic acids is 1. The second-order valence-electron chi connectivity index (χ2n) is 4.96. The maximum Gasteiger partial charge on any atom is 0.303 e. The van der Waals surface area contributed by atoms with E-state index in [9.17, 15) is 9.59 Å². The van der Waals surface area contributed by atoms with Crippen LogP contribution in [0.2, 0.25) is 0 Å². The van der Waals surface area contributed by atoms with Gasteiger partial charge in [-0.1, -0.05) is 0 Å². The molecule has 1 amide bonds. The van der Waals surface area contributed by atoms with Crippen molar-refractivity contribution in [3.63, 3.8) is 0 Å². The maximum atomic E-state index is 11.6. The molecule has 0 aromatic rings. The van der Waals surface area contributed by atoms with Gasteiger partial charge in [0.05, 0.1) is 6.54 Å². The lowest BCUT2D eigenvalue weighted by Gasteiger charge is -2.32. The van der Waals surface area contributed by atoms with Crippen molar-refractivity contribution >= 4 is 11.9 Å². The van der Waals surface area contributed by atoms with E-state index in [2.05, 4.69) is 4.90 Å². The van der Waals surface area contributed by atoms with Crippen LogP contribution in [-0.2, 0) is 9.59 Å². The molecule has 1 N–H and O–H groups in total. The Balaban J connectivity index is 2.33. The number of piperidine rings is 1. The highest BCUT2D eigenvalue weighted by Crippen LogP contribution is 2.20. The molecule has 0 aromatic heterocycles. The predicted octanol–water partition coefficient (Wildman–Crippen LogP) is 0.651. The second kappa shape index (κ2) is 6.59. The van der Waals surface area contributed by atoms with Gasteiger partial charge in [0.15, 0.2) is 0 Å². The van der Waals surface area contributed by atoms with Crippen molar-refractivity contribution < 1.29 is 14.7 Å². The van der Waals surface area contributed by atoms with Gasteiger partial charge in [0, 0.05) is 27.1 Å². The van der Waals surface area contributed by atoms with Gasteiger partial charge in [0.2, 0.25) is 5.91 Å². The first-order chi connectivity index (χ1) is 7.99. The van der Waals surface area contributed by atoms with E-state index in [4.69, 9.17) is 5.11 Å². The van der Waals surface area contributed by atoms with Crippen LogP contribution < -0.4 is 0 Å². The molecule has 0 bridgehead atoms. The van der Waals surface area contributed by atoms with Gasteiger partial charge in [-0.2, -0.15) is 0 Å². The number of hydrogen-bond donors (Lipinski definition) is 1. The van der Waals surface area contributed by atoms with E-state index in [0.717, 1.165) is 32.4 Å². The van der Waals surface area contributed by atoms with Crippen molar-refractivity contribution in [3.8, 4) is 0 Å². The molecule has 5 heteroatoms. The third-order valence-corrected chi connectivity index (χ3v) is 3.23. The van der Waals surface area contributed by atoms with Crippen LogP contribution in [0, 0.1) is 5.92 Å². The fourth-order valence-corrected chi connectivity index (χ4v) is 2.19. The summed E-state index contributed by atoms with van der Waals surface area (Å²) >= 11 is 0. The fraction of sp³-hybridized carbons (Fsp3) is 0.833. The van der Waals surface area contributed by atoms with Crippen LogP contribution >= 0.6 is 0 Å². The van der Waals surface area contributed by atoms with Crippen LogP contribution in [0.25, 0.3) is 0 Å². The Bertz CT molecular complexity index is 279. The topological polar surface area (TPSA) is 60.9 Å². The van der Waals surface area contributed by atoms with Gasteiger partial charge in [-0.25, -0.2) is 0 Å². The molecule has 1 fully saturated rings. The summed E-state index contributed by atoms with van der Waals surface area (Å²) < 4.78 is 0. The summed E-state index contributed by atoms with van der Waals surface area (Å²) in [5, 5.41) is 8.65. The molecule has 1 aliphatic heterocycles. The van der Waals surface area contributed by atoms with Crippen LogP contribution in [0.3, 0.4) is 0 Å². The van der Waals surface area contributed by atoms with E-state index < -0.39 is 5.97 Å². The maximum absolute atomic E-state index is 11.6. The second-order valence-corrected chi connectivity index (χ2v) is 4.96. The molecule has 1 rings (SSSR count). The molecule has 1 atom stereocenters. The first-order valence-electron chi connectivity index (χ1n) is 6.13. The van der Waals surface area contributed by atoms with Crippen molar-refractivity contribution in [1.29, 1.82) is 0 Å². The summed E-state index contributed by atoms with van der Waals surface area (Å²) in [6.45, 7) is 2.26. The zero-order chi connectivity index (χ0) is 12.8. The molecule has 1 unspecified atom stereocenters. The standard InChI is InChI=1S/C12H22N2O3/c1-13(2)11(15)9-14-7-3-4-10(8-14)5-6-12(16)17/h10H,3-9H2,1-2H3,(H,16,17). The number of amides is 1. The van der Waals surface area contributed by atoms with Gasteiger partial charge in [-0.05, 0) is 31.7 Å². The third kappa shape index (κ3) is 5.17. The molecular weight excluding hydrogens is 220 g/mol. The Hall–Kier alpha value is -1.10. The van der Waals surface area contributed by atoms with Crippen LogP contribution in [-0.4, -0.2) is 60.5 Å². The number of nitrogens with zero attached hydrogens (tertiary/aromatic N) is 2. The Labute approximate surface area is 102 Å². The van der Waals surface area contributed by atoms with Crippen molar-refractivity contribution in [2.24, 2.45) is 5.92 Å². The van der Waals surface area contributed by atoms with E-state index in [1.54, 1.807) is 19.0 Å². The smallest absolute Gasteiger partial charge is 0.303 e. The Kier molecular flexibility index (Phi) is 5.41. The Morgan fingerprint density at radius 2 is 2.12 bits per heavy atom. The molecule has 98 valence electrons. The number of carboxylic acids is 1. The van der Waals surface area contributed by atoms with Gasteiger partial charge < -0.3 is 10.0 Å². The van der Waals surface area contributed by atoms with Crippen LogP contribution in [0.1, 0.15) is 25.7 Å². The third-order valence-electron chi connectivity index (χ3n) is 3.23. The van der Waals surface area contributed by atoms with Crippen molar-refractivity contribution in [2.75, 3.05) is 33.7 Å². The Morgan fingerprint density at radius 1 is 1.41 bits per heavy atom. The number of likely N-dealkylation sites (tertiary alicyclic amines) is 1. The fourth-order valence-electron chi connectivity index (χ4n) is 2.19. The Morgan fingerprint density at radius 3 is 2.71 bits per heavy atom. The molecule has 0 saturated carbocycles. The summed E-state index contributed by atoms with van der Waals surface area (Å²) in [5.41, 5.74) is 0. The largest absolute Gasteiger partial charge is 0.481 e. The van der Waals surface area contributed by atoms with Crippen molar-refractivity contribution in [3.05, 3.63) is 0 Å². The van der Waals surface area contributed by atoms with E-state index >= 15 is 0 Å². The quantitative estimate of drug-likeness (QED) is 0.769. The molecular formula is C12H22N2O3. The lowest BCUT2D eigenvalue weighted by Crippen LogP contribution is -2.42. The summed E-state index contributed by atoms with van der Waals surface area (Å²) in [4.78, 5) is 25.8. The number of hydrogen-bond acceptors (Lipinski definition) is 3. The molecule has 1 heterocycles. The van der Waals surface area contributed by atoms with E-state index in [0.29, 0.717) is 12.5 Å². The zero-order valence-electron chi connectivity index (χ0n) is 10.7. The monoisotopic (exact) mass is 242 g/mol. The van der Waals surface area contributed by atoms with E-state index in [1.807, 2.05) is 0 Å². The van der Waals surface area contributed by atoms with Gasteiger partial charge in [0.1, 0.15) is 0 Å². The molecule has 1 aliphatic rings. The van der Waals surface area contributed by atoms with Crippen LogP contribution in [0.15, 0.2) is 0 Å². The lowest BCUT2D eigenvalue weighted by atomic mass is 9.93. The average molecular weight is 242 g/mol. The van der Waals surface area contributed by atoms with Crippen molar-refractivity contribution in [2.45, 2.75) is 25.7 Å². The first-order valence-corrected chi connectivity index (χ1v) is 6.13. The SMILES string of the molecule is CN(C)C(=O)CN1CCCC(CCC(=O)O)C1. The molecule has 0 spiro atoms. The number of carbonyl (C=O) groups is 2. The highest BCUT2D eigenvalue weighted by atomic mass is 16.4. The summed E-state index contributed by atoms with van der Waals surface area (Å²) in [7, 11) is 3.52. The summed E-state index contributed by atoms with van der Waals surface area (Å²) in [6.07, 6.45) is 3.10. The number of rotatable bonds is 5. The molecule has 0 aliphatic carbocycles. The minimum Gasteiger partial charge on any atom is -0.481 e. The summed E-state index contributed by atoms with van der Waals surface area (Å²) in [6, 6.07) is 0. The average Bonchev–Trinajstić information content (AvgIpc) is 2.26. The van der Waals surface area contributed by atoms with E-state index in [-0.39, 0.29) is 12.3 Å². The van der Waals surface area contributed by atoms with E-state index in [1.165, 1.54) is 0 Å². The first kappa shape index (κ1) is 14.0. The minimum absolute atomic E-state index is 0.115. The predicted molar refractivity (Wildman–Crippen MR) is 64.7 cm³/mol. The normalized spacial score (nSPS) is 21.2. The van der Waals surface area contributed by atoms with Crippen LogP contribution in [0.4, 0.5) is 0 Å². The molecule has 5 nitrogen and oxygen atoms in total. The number of carbonyl (C=O) groups excluding carboxylic acids is 1. The minimum atomic E-state index is -0.730. The van der Waals surface area contributed by atoms with Gasteiger partial charge in [-0.3, -0.25) is 14.5 Å². The number of carboxylic acid groups (broad SMARTS) is 1. The molecule has 0 aromatic carbocycles. The van der Waals surface area contributed by atoms with Gasteiger partial charge in [0.25, 0.3) is 0 Å². The molecule has 0 radical (unpaired) electrons. The zero-order valence-corrected chi connectivity index (χ0v) is 10.7. The molecule has 1 saturated heterocycles. The van der Waals surface area contributed by atoms with Gasteiger partial charge in [-0.15, -0.1) is 0 Å². The molecule has 17 heavy (non-hydrogen) atoms. The van der Waals surface area contributed by atoms with Crippen molar-refractivity contribution in [1.82, 2.24) is 9.80 Å². The van der Waals surface area contributed by atoms with Gasteiger partial charge >= 0.3 is 5.97 Å². The highest BCUT2D eigenvalue weighted by molar-refractivity contribution is 5.77. The number of likely N-dealkylation sites (N-methyl/N-ethyl adjacent to an activating group) is 1. The van der Waals surface area contributed by atoms with Crippen LogP contribution in [0.5, 0.6) is 0 Å².